The van der Waals surface area contributed by atoms with E-state index in [0.717, 1.165) is 5.56 Å². The molecule has 1 fully saturated rings. The van der Waals surface area contributed by atoms with Crippen molar-refractivity contribution in [3.8, 4) is 5.75 Å². The number of nitrogens with zero attached hydrogens (tertiary/aromatic N) is 1. The van der Waals surface area contributed by atoms with Gasteiger partial charge in [0.2, 0.25) is 11.8 Å². The van der Waals surface area contributed by atoms with E-state index in [4.69, 9.17) is 0 Å². The Morgan fingerprint density at radius 3 is 2.35 bits per heavy atom. The van der Waals surface area contributed by atoms with Crippen molar-refractivity contribution in [1.82, 2.24) is 10.2 Å². The van der Waals surface area contributed by atoms with Crippen molar-refractivity contribution in [3.63, 3.8) is 0 Å². The van der Waals surface area contributed by atoms with E-state index in [1.165, 1.54) is 18.2 Å². The average molecular weight is 428 g/mol. The maximum absolute atomic E-state index is 13.2. The summed E-state index contributed by atoms with van der Waals surface area (Å²) in [7, 11) is 0. The Morgan fingerprint density at radius 1 is 1.10 bits per heavy atom. The molecule has 2 aromatic rings. The Morgan fingerprint density at radius 2 is 1.74 bits per heavy atom. The normalized spacial score (nSPS) is 16.1. The number of benzene rings is 2. The van der Waals surface area contributed by atoms with Crippen LogP contribution in [-0.4, -0.2) is 41.5 Å². The van der Waals surface area contributed by atoms with Crippen molar-refractivity contribution >= 4 is 17.5 Å². The van der Waals surface area contributed by atoms with Gasteiger partial charge in [-0.15, -0.1) is 0 Å². The molecule has 7 heteroatoms. The minimum absolute atomic E-state index is 0.0471. The van der Waals surface area contributed by atoms with Crippen LogP contribution in [0, 0.1) is 17.7 Å². The summed E-state index contributed by atoms with van der Waals surface area (Å²) < 4.78 is 13.2. The van der Waals surface area contributed by atoms with Crippen LogP contribution in [0.4, 0.5) is 10.1 Å². The number of phenolic OH excluding ortho intramolecular Hbond substituents is 1. The van der Waals surface area contributed by atoms with Crippen LogP contribution in [0.2, 0.25) is 0 Å². The predicted molar refractivity (Wildman–Crippen MR) is 118 cm³/mol. The van der Waals surface area contributed by atoms with E-state index < -0.39 is 0 Å². The summed E-state index contributed by atoms with van der Waals surface area (Å²) in [5, 5.41) is 15.7. The van der Waals surface area contributed by atoms with Crippen molar-refractivity contribution in [3.05, 3.63) is 59.9 Å². The number of hydrogen-bond donors (Lipinski definition) is 3. The number of nitrogens with one attached hydrogen (secondary N) is 2. The van der Waals surface area contributed by atoms with E-state index in [1.54, 1.807) is 30.3 Å². The second-order valence-electron chi connectivity index (χ2n) is 8.40. The molecule has 0 spiro atoms. The fourth-order valence-corrected chi connectivity index (χ4v) is 3.89. The number of carbonyl (C=O) groups excluding carboxylic acids is 2. The van der Waals surface area contributed by atoms with E-state index in [9.17, 15) is 19.1 Å². The van der Waals surface area contributed by atoms with Crippen molar-refractivity contribution in [1.29, 1.82) is 0 Å². The van der Waals surface area contributed by atoms with Crippen LogP contribution in [0.5, 0.6) is 5.75 Å². The summed E-state index contributed by atoms with van der Waals surface area (Å²) in [6.45, 7) is 5.59. The quantitative estimate of drug-likeness (QED) is 0.589. The van der Waals surface area contributed by atoms with Gasteiger partial charge in [-0.05, 0) is 61.7 Å². The van der Waals surface area contributed by atoms with Gasteiger partial charge in [-0.2, -0.15) is 0 Å². The lowest BCUT2D eigenvalue weighted by atomic mass is 9.95. The molecule has 1 aliphatic heterocycles. The van der Waals surface area contributed by atoms with Crippen LogP contribution in [0.15, 0.2) is 48.5 Å². The maximum atomic E-state index is 13.2. The Balaban J connectivity index is 1.48. The lowest BCUT2D eigenvalue weighted by molar-refractivity contribution is -0.124. The van der Waals surface area contributed by atoms with Crippen LogP contribution in [0.25, 0.3) is 0 Å². The third-order valence-electron chi connectivity index (χ3n) is 5.70. The Bertz CT molecular complexity index is 893. The largest absolute Gasteiger partial charge is 0.506 e. The Kier molecular flexibility index (Phi) is 7.63. The van der Waals surface area contributed by atoms with Crippen LogP contribution in [0.1, 0.15) is 38.3 Å². The number of anilines is 1. The lowest BCUT2D eigenvalue weighted by Gasteiger charge is -2.31. The molecule has 2 amide bonds. The summed E-state index contributed by atoms with van der Waals surface area (Å²) in [5.41, 5.74) is 1.29. The minimum Gasteiger partial charge on any atom is -0.506 e. The second-order valence-corrected chi connectivity index (χ2v) is 8.40. The van der Waals surface area contributed by atoms with Gasteiger partial charge >= 0.3 is 0 Å². The zero-order chi connectivity index (χ0) is 22.4. The number of amides is 2. The van der Waals surface area contributed by atoms with Crippen LogP contribution >= 0.6 is 0 Å². The molecule has 166 valence electrons. The number of para-hydroxylation sites is 2. The molecule has 1 atom stereocenters. The Labute approximate surface area is 182 Å². The topological polar surface area (TPSA) is 81.7 Å². The first-order valence-corrected chi connectivity index (χ1v) is 10.7. The molecule has 1 saturated heterocycles. The third-order valence-corrected chi connectivity index (χ3v) is 5.70. The molecule has 3 N–H and O–H groups in total. The highest BCUT2D eigenvalue weighted by Crippen LogP contribution is 2.25. The maximum Gasteiger partial charge on any atom is 0.234 e. The molecular weight excluding hydrogens is 397 g/mol. The highest BCUT2D eigenvalue weighted by Gasteiger charge is 2.27. The molecule has 0 aromatic heterocycles. The first-order chi connectivity index (χ1) is 14.8. The number of carbonyl (C=O) groups is 2. The summed E-state index contributed by atoms with van der Waals surface area (Å²) in [5.74, 6) is -0.431. The van der Waals surface area contributed by atoms with Crippen LogP contribution in [0.3, 0.4) is 0 Å². The van der Waals surface area contributed by atoms with Gasteiger partial charge in [-0.1, -0.05) is 38.1 Å². The number of phenols is 1. The van der Waals surface area contributed by atoms with E-state index in [2.05, 4.69) is 10.6 Å². The van der Waals surface area contributed by atoms with E-state index in [1.807, 2.05) is 18.7 Å². The van der Waals surface area contributed by atoms with Gasteiger partial charge in [-0.3, -0.25) is 14.5 Å². The molecule has 1 unspecified atom stereocenters. The summed E-state index contributed by atoms with van der Waals surface area (Å²) in [4.78, 5) is 27.2. The van der Waals surface area contributed by atoms with E-state index in [-0.39, 0.29) is 47.8 Å². The summed E-state index contributed by atoms with van der Waals surface area (Å²) in [6.07, 6.45) is 1.30. The van der Waals surface area contributed by atoms with Gasteiger partial charge in [0.25, 0.3) is 0 Å². The van der Waals surface area contributed by atoms with Crippen molar-refractivity contribution < 1.29 is 19.1 Å². The van der Waals surface area contributed by atoms with Gasteiger partial charge in [0, 0.05) is 5.92 Å². The average Bonchev–Trinajstić information content (AvgIpc) is 2.75. The smallest absolute Gasteiger partial charge is 0.234 e. The number of hydrogen-bond acceptors (Lipinski definition) is 4. The molecule has 6 nitrogen and oxygen atoms in total. The van der Waals surface area contributed by atoms with Gasteiger partial charge in [0.05, 0.1) is 18.3 Å². The molecule has 2 aromatic carbocycles. The van der Waals surface area contributed by atoms with Gasteiger partial charge in [-0.25, -0.2) is 4.39 Å². The first-order valence-electron chi connectivity index (χ1n) is 10.7. The second kappa shape index (κ2) is 10.4. The Hall–Kier alpha value is -2.93. The van der Waals surface area contributed by atoms with Gasteiger partial charge in [0.15, 0.2) is 0 Å². The van der Waals surface area contributed by atoms with Gasteiger partial charge < -0.3 is 15.7 Å². The molecular formula is C24H30FN3O3. The molecule has 0 radical (unpaired) electrons. The van der Waals surface area contributed by atoms with Crippen molar-refractivity contribution in [2.24, 2.45) is 11.8 Å². The molecule has 31 heavy (non-hydrogen) atoms. The van der Waals surface area contributed by atoms with E-state index >= 15 is 0 Å². The molecule has 3 rings (SSSR count). The number of halogens is 1. The first kappa shape index (κ1) is 22.7. The summed E-state index contributed by atoms with van der Waals surface area (Å²) >= 11 is 0. The minimum atomic E-state index is -0.299. The molecule has 0 aliphatic carbocycles. The fourth-order valence-electron chi connectivity index (χ4n) is 3.89. The summed E-state index contributed by atoms with van der Waals surface area (Å²) in [6, 6.07) is 12.7. The van der Waals surface area contributed by atoms with Crippen molar-refractivity contribution in [2.45, 2.75) is 32.7 Å². The molecule has 0 bridgehead atoms. The molecule has 1 aliphatic rings. The predicted octanol–water partition coefficient (Wildman–Crippen LogP) is 3.70. The fraction of sp³-hybridized carbons (Fsp3) is 0.417. The number of piperidine rings is 1. The highest BCUT2D eigenvalue weighted by atomic mass is 19.1. The SMILES string of the molecule is CC(C)C(NC(=O)CN1CCC(C(=O)Nc2ccccc2O)CC1)c1ccc(F)cc1. The standard InChI is InChI=1S/C24H30FN3O3/c1-16(2)23(17-7-9-19(25)10-8-17)27-22(30)15-28-13-11-18(12-14-28)24(31)26-20-5-3-4-6-21(20)29/h3-10,16,18,23,29H,11-15H2,1-2H3,(H,26,31)(H,27,30). The number of aromatic hydroxyl groups is 1. The zero-order valence-corrected chi connectivity index (χ0v) is 18.0. The molecule has 1 heterocycles. The number of likely N-dealkylation sites (tertiary alicyclic amines) is 1. The lowest BCUT2D eigenvalue weighted by Crippen LogP contribution is -2.44. The monoisotopic (exact) mass is 427 g/mol. The van der Waals surface area contributed by atoms with E-state index in [0.29, 0.717) is 31.6 Å². The van der Waals surface area contributed by atoms with Crippen molar-refractivity contribution in [2.75, 3.05) is 25.0 Å². The zero-order valence-electron chi connectivity index (χ0n) is 18.0. The van der Waals surface area contributed by atoms with Crippen LogP contribution in [-0.2, 0) is 9.59 Å². The van der Waals surface area contributed by atoms with Crippen LogP contribution < -0.4 is 10.6 Å². The van der Waals surface area contributed by atoms with Gasteiger partial charge in [0.1, 0.15) is 11.6 Å². The highest BCUT2D eigenvalue weighted by molar-refractivity contribution is 5.93. The molecule has 0 saturated carbocycles. The number of rotatable bonds is 7. The third kappa shape index (κ3) is 6.28.